The van der Waals surface area contributed by atoms with Crippen LogP contribution >= 0.6 is 0 Å². The van der Waals surface area contributed by atoms with Crippen LogP contribution in [0.25, 0.3) is 22.2 Å². The number of hydrogen-bond donors (Lipinski definition) is 1. The predicted molar refractivity (Wildman–Crippen MR) is 96.4 cm³/mol. The summed E-state index contributed by atoms with van der Waals surface area (Å²) in [5, 5.41) is 7.80. The minimum absolute atomic E-state index is 0.156. The zero-order valence-corrected chi connectivity index (χ0v) is 13.6. The van der Waals surface area contributed by atoms with Crippen LogP contribution in [0, 0.1) is 6.92 Å². The molecule has 2 aromatic heterocycles. The van der Waals surface area contributed by atoms with Crippen LogP contribution in [0.15, 0.2) is 71.3 Å². The Kier molecular flexibility index (Phi) is 3.74. The average Bonchev–Trinajstić information content (AvgIpc) is 3.13. The number of carbonyl (C=O) groups excluding carboxylic acids is 1. The van der Waals surface area contributed by atoms with Gasteiger partial charge in [-0.3, -0.25) is 9.78 Å². The van der Waals surface area contributed by atoms with E-state index in [4.69, 9.17) is 4.52 Å². The highest BCUT2D eigenvalue weighted by molar-refractivity contribution is 6.07. The largest absolute Gasteiger partial charge is 0.350 e. The molecule has 5 heteroatoms. The Labute approximate surface area is 144 Å². The number of aryl methyl sites for hydroxylation is 1. The highest BCUT2D eigenvalue weighted by atomic mass is 16.5. The molecule has 0 saturated heterocycles. The molecule has 0 bridgehead atoms. The van der Waals surface area contributed by atoms with Gasteiger partial charge in [-0.2, -0.15) is 0 Å². The van der Waals surface area contributed by atoms with E-state index in [0.717, 1.165) is 22.2 Å². The van der Waals surface area contributed by atoms with Gasteiger partial charge in [0.05, 0.1) is 11.2 Å². The van der Waals surface area contributed by atoms with E-state index in [9.17, 15) is 4.79 Å². The number of pyridine rings is 1. The van der Waals surface area contributed by atoms with Crippen LogP contribution in [0.1, 0.15) is 16.2 Å². The minimum Gasteiger partial charge on any atom is -0.350 e. The van der Waals surface area contributed by atoms with E-state index in [-0.39, 0.29) is 11.7 Å². The van der Waals surface area contributed by atoms with Crippen molar-refractivity contribution in [3.8, 4) is 11.3 Å². The first-order valence-corrected chi connectivity index (χ1v) is 7.90. The van der Waals surface area contributed by atoms with Crippen molar-refractivity contribution in [3.63, 3.8) is 0 Å². The highest BCUT2D eigenvalue weighted by Gasteiger charge is 2.15. The molecular weight excluding hydrogens is 314 g/mol. The van der Waals surface area contributed by atoms with Gasteiger partial charge in [0.25, 0.3) is 5.91 Å². The van der Waals surface area contributed by atoms with E-state index >= 15 is 0 Å². The second-order valence-electron chi connectivity index (χ2n) is 5.73. The number of rotatable bonds is 3. The Bertz CT molecular complexity index is 1050. The van der Waals surface area contributed by atoms with E-state index in [0.29, 0.717) is 11.4 Å². The smallest absolute Gasteiger partial charge is 0.294 e. The van der Waals surface area contributed by atoms with Crippen LogP contribution in [0.3, 0.4) is 0 Å². The fourth-order valence-corrected chi connectivity index (χ4v) is 2.66. The first kappa shape index (κ1) is 15.1. The van der Waals surface area contributed by atoms with Crippen molar-refractivity contribution in [2.75, 3.05) is 5.32 Å². The second kappa shape index (κ2) is 6.20. The summed E-state index contributed by atoms with van der Waals surface area (Å²) in [5.41, 5.74) is 3.80. The zero-order chi connectivity index (χ0) is 17.2. The lowest BCUT2D eigenvalue weighted by atomic mass is 10.1. The standard InChI is InChI=1S/C20H15N3O2/c1-13-10-11-15-8-5-9-16(19(15)21-13)22-20(24)18-12-17(23-25-18)14-6-3-2-4-7-14/h2-12H,1H3,(H,22,24). The summed E-state index contributed by atoms with van der Waals surface area (Å²) in [6.07, 6.45) is 0. The highest BCUT2D eigenvalue weighted by Crippen LogP contribution is 2.23. The Hall–Kier alpha value is -3.47. The van der Waals surface area contributed by atoms with Crippen LogP contribution in [-0.2, 0) is 0 Å². The topological polar surface area (TPSA) is 68.0 Å². The number of nitrogens with zero attached hydrogens (tertiary/aromatic N) is 2. The molecule has 2 aromatic carbocycles. The lowest BCUT2D eigenvalue weighted by Gasteiger charge is -2.07. The molecule has 0 saturated carbocycles. The molecule has 5 nitrogen and oxygen atoms in total. The van der Waals surface area contributed by atoms with Crippen LogP contribution < -0.4 is 5.32 Å². The van der Waals surface area contributed by atoms with Crippen LogP contribution in [0.2, 0.25) is 0 Å². The van der Waals surface area contributed by atoms with E-state index in [2.05, 4.69) is 15.5 Å². The quantitative estimate of drug-likeness (QED) is 0.603. The number of para-hydroxylation sites is 1. The molecule has 2 heterocycles. The number of anilines is 1. The SMILES string of the molecule is Cc1ccc2cccc(NC(=O)c3cc(-c4ccccc4)no3)c2n1. The van der Waals surface area contributed by atoms with Crippen LogP contribution in [-0.4, -0.2) is 16.0 Å². The van der Waals surface area contributed by atoms with Gasteiger partial charge in [-0.1, -0.05) is 53.7 Å². The molecule has 0 aliphatic heterocycles. The monoisotopic (exact) mass is 329 g/mol. The van der Waals surface area contributed by atoms with Gasteiger partial charge in [-0.15, -0.1) is 0 Å². The Balaban J connectivity index is 1.63. The molecule has 0 unspecified atom stereocenters. The molecule has 0 fully saturated rings. The summed E-state index contributed by atoms with van der Waals surface area (Å²) >= 11 is 0. The van der Waals surface area contributed by atoms with E-state index in [1.165, 1.54) is 0 Å². The number of carbonyl (C=O) groups is 1. The number of aromatic nitrogens is 2. The van der Waals surface area contributed by atoms with Gasteiger partial charge in [0.15, 0.2) is 0 Å². The van der Waals surface area contributed by atoms with Crippen molar-refractivity contribution in [1.29, 1.82) is 0 Å². The predicted octanol–water partition coefficient (Wildman–Crippen LogP) is 4.45. The van der Waals surface area contributed by atoms with Gasteiger partial charge in [-0.25, -0.2) is 0 Å². The third-order valence-electron chi connectivity index (χ3n) is 3.91. The third-order valence-corrected chi connectivity index (χ3v) is 3.91. The number of nitrogens with one attached hydrogen (secondary N) is 1. The molecule has 122 valence electrons. The van der Waals surface area contributed by atoms with E-state index in [1.807, 2.05) is 67.6 Å². The maximum atomic E-state index is 12.5. The minimum atomic E-state index is -0.356. The summed E-state index contributed by atoms with van der Waals surface area (Å²) in [7, 11) is 0. The molecule has 0 aliphatic carbocycles. The molecule has 0 atom stereocenters. The molecule has 0 spiro atoms. The first-order chi connectivity index (χ1) is 12.2. The summed E-state index contributed by atoms with van der Waals surface area (Å²) in [6, 6.07) is 20.8. The van der Waals surface area contributed by atoms with Crippen molar-refractivity contribution in [2.24, 2.45) is 0 Å². The molecular formula is C20H15N3O2. The van der Waals surface area contributed by atoms with Gasteiger partial charge in [-0.05, 0) is 19.1 Å². The lowest BCUT2D eigenvalue weighted by molar-refractivity contribution is 0.0988. The fraction of sp³-hybridized carbons (Fsp3) is 0.0500. The van der Waals surface area contributed by atoms with Gasteiger partial charge in [0.1, 0.15) is 5.69 Å². The number of hydrogen-bond acceptors (Lipinski definition) is 4. The summed E-state index contributed by atoms with van der Waals surface area (Å²) in [4.78, 5) is 17.0. The zero-order valence-electron chi connectivity index (χ0n) is 13.6. The third kappa shape index (κ3) is 2.99. The maximum Gasteiger partial charge on any atom is 0.294 e. The number of amides is 1. The van der Waals surface area contributed by atoms with Crippen molar-refractivity contribution in [3.05, 3.63) is 78.2 Å². The summed E-state index contributed by atoms with van der Waals surface area (Å²) in [5.74, 6) is -0.200. The first-order valence-electron chi connectivity index (χ1n) is 7.90. The van der Waals surface area contributed by atoms with E-state index < -0.39 is 0 Å². The van der Waals surface area contributed by atoms with Gasteiger partial charge < -0.3 is 9.84 Å². The van der Waals surface area contributed by atoms with Crippen molar-refractivity contribution in [2.45, 2.75) is 6.92 Å². The Morgan fingerprint density at radius 2 is 1.84 bits per heavy atom. The molecule has 0 aliphatic rings. The second-order valence-corrected chi connectivity index (χ2v) is 5.73. The molecule has 1 N–H and O–H groups in total. The van der Waals surface area contributed by atoms with Gasteiger partial charge >= 0.3 is 0 Å². The van der Waals surface area contributed by atoms with Crippen molar-refractivity contribution in [1.82, 2.24) is 10.1 Å². The normalized spacial score (nSPS) is 10.8. The van der Waals surface area contributed by atoms with Crippen LogP contribution in [0.4, 0.5) is 5.69 Å². The summed E-state index contributed by atoms with van der Waals surface area (Å²) in [6.45, 7) is 1.92. The summed E-state index contributed by atoms with van der Waals surface area (Å²) < 4.78 is 5.21. The molecule has 4 aromatic rings. The molecule has 4 rings (SSSR count). The van der Waals surface area contributed by atoms with Crippen molar-refractivity contribution < 1.29 is 9.32 Å². The van der Waals surface area contributed by atoms with Crippen molar-refractivity contribution >= 4 is 22.5 Å². The molecule has 0 radical (unpaired) electrons. The Morgan fingerprint density at radius 3 is 2.68 bits per heavy atom. The number of fused-ring (bicyclic) bond motifs is 1. The maximum absolute atomic E-state index is 12.5. The lowest BCUT2D eigenvalue weighted by Crippen LogP contribution is -2.11. The number of benzene rings is 2. The van der Waals surface area contributed by atoms with E-state index in [1.54, 1.807) is 6.07 Å². The fourth-order valence-electron chi connectivity index (χ4n) is 2.66. The molecule has 1 amide bonds. The van der Waals surface area contributed by atoms with Crippen LogP contribution in [0.5, 0.6) is 0 Å². The van der Waals surface area contributed by atoms with Gasteiger partial charge in [0, 0.05) is 22.7 Å². The average molecular weight is 329 g/mol. The van der Waals surface area contributed by atoms with Gasteiger partial charge in [0.2, 0.25) is 5.76 Å². The molecule has 25 heavy (non-hydrogen) atoms. The Morgan fingerprint density at radius 1 is 1.00 bits per heavy atom.